The molecule has 8 rings (SSSR count). The van der Waals surface area contributed by atoms with Gasteiger partial charge in [-0.05, 0) is 50.4 Å². The molecule has 4 aliphatic heterocycles. The quantitative estimate of drug-likeness (QED) is 0.275. The average molecular weight is 646 g/mol. The Morgan fingerprint density at radius 1 is 1.18 bits per heavy atom. The molecule has 2 bridgehead atoms. The van der Waals surface area contributed by atoms with Crippen LogP contribution in [0.5, 0.6) is 6.01 Å². The van der Waals surface area contributed by atoms with E-state index in [1.165, 1.54) is 12.1 Å². The largest absolute Gasteiger partial charge is 0.461 e. The van der Waals surface area contributed by atoms with Crippen molar-refractivity contribution in [2.45, 2.75) is 55.4 Å². The summed E-state index contributed by atoms with van der Waals surface area (Å²) < 4.78 is 52.3. The van der Waals surface area contributed by atoms with Gasteiger partial charge >= 0.3 is 6.01 Å². The second kappa shape index (κ2) is 10.3. The predicted molar refractivity (Wildman–Crippen MR) is 164 cm³/mol. The number of alkyl halides is 1. The smallest absolute Gasteiger partial charge is 0.319 e. The second-order valence-corrected chi connectivity index (χ2v) is 14.1. The third kappa shape index (κ3) is 4.42. The van der Waals surface area contributed by atoms with Gasteiger partial charge in [0.05, 0.1) is 32.9 Å². The number of aliphatic hydroxyl groups excluding tert-OH is 1. The minimum Gasteiger partial charge on any atom is -0.461 e. The van der Waals surface area contributed by atoms with Gasteiger partial charge in [-0.3, -0.25) is 4.90 Å². The fourth-order valence-corrected chi connectivity index (χ4v) is 8.93. The van der Waals surface area contributed by atoms with Gasteiger partial charge in [0, 0.05) is 48.6 Å². The van der Waals surface area contributed by atoms with Crippen molar-refractivity contribution in [3.63, 3.8) is 0 Å². The topological polar surface area (TPSA) is 113 Å². The molecular formula is C30H31ClF3N7O2S. The summed E-state index contributed by atoms with van der Waals surface area (Å²) >= 11 is 7.78. The van der Waals surface area contributed by atoms with Crippen LogP contribution in [0.25, 0.3) is 32.2 Å². The van der Waals surface area contributed by atoms with E-state index in [0.717, 1.165) is 43.6 Å². The van der Waals surface area contributed by atoms with Crippen LogP contribution in [0, 0.1) is 11.6 Å². The number of aromatic nitrogens is 3. The van der Waals surface area contributed by atoms with Crippen LogP contribution < -0.4 is 20.7 Å². The Morgan fingerprint density at radius 2 is 2.05 bits per heavy atom. The monoisotopic (exact) mass is 645 g/mol. The molecule has 4 atom stereocenters. The number of thiazole rings is 1. The van der Waals surface area contributed by atoms with Crippen molar-refractivity contribution in [3.05, 3.63) is 34.9 Å². The number of anilines is 2. The highest BCUT2D eigenvalue weighted by molar-refractivity contribution is 7.22. The highest BCUT2D eigenvalue weighted by Crippen LogP contribution is 2.44. The number of hydrogen-bond acceptors (Lipinski definition) is 10. The first-order valence-electron chi connectivity index (χ1n) is 14.9. The van der Waals surface area contributed by atoms with Crippen LogP contribution in [0.1, 0.15) is 32.1 Å². The third-order valence-electron chi connectivity index (χ3n) is 9.87. The molecule has 232 valence electrons. The number of rotatable bonds is 6. The van der Waals surface area contributed by atoms with E-state index in [1.807, 2.05) is 4.90 Å². The molecule has 0 spiro atoms. The van der Waals surface area contributed by atoms with E-state index in [4.69, 9.17) is 27.1 Å². The lowest BCUT2D eigenvalue weighted by Crippen LogP contribution is -2.61. The molecule has 2 aromatic heterocycles. The van der Waals surface area contributed by atoms with Gasteiger partial charge < -0.3 is 25.8 Å². The fraction of sp³-hybridized carbons (Fsp3) is 0.500. The van der Waals surface area contributed by atoms with E-state index >= 15 is 4.39 Å². The van der Waals surface area contributed by atoms with E-state index in [0.29, 0.717) is 42.8 Å². The maximum Gasteiger partial charge on any atom is 0.319 e. The van der Waals surface area contributed by atoms with Crippen molar-refractivity contribution >= 4 is 55.0 Å². The minimum atomic E-state index is -0.924. The summed E-state index contributed by atoms with van der Waals surface area (Å²) in [6.45, 7) is 2.36. The minimum absolute atomic E-state index is 0.00965. The van der Waals surface area contributed by atoms with Gasteiger partial charge in [-0.2, -0.15) is 9.97 Å². The molecule has 0 saturated carbocycles. The molecule has 4 fully saturated rings. The zero-order chi connectivity index (χ0) is 30.4. The number of aliphatic hydroxyl groups is 1. The predicted octanol–water partition coefficient (Wildman–Crippen LogP) is 4.68. The first-order valence-corrected chi connectivity index (χ1v) is 16.1. The van der Waals surface area contributed by atoms with Crippen LogP contribution >= 0.6 is 22.9 Å². The molecule has 0 amide bonds. The molecule has 0 aliphatic carbocycles. The molecule has 6 heterocycles. The van der Waals surface area contributed by atoms with E-state index < -0.39 is 28.9 Å². The average Bonchev–Trinajstić information content (AvgIpc) is 3.74. The van der Waals surface area contributed by atoms with Crippen LogP contribution in [-0.4, -0.2) is 87.6 Å². The lowest BCUT2D eigenvalue weighted by Gasteiger charge is -2.41. The van der Waals surface area contributed by atoms with Crippen molar-refractivity contribution in [3.8, 4) is 17.1 Å². The summed E-state index contributed by atoms with van der Waals surface area (Å²) in [5, 5.41) is 14.4. The Balaban J connectivity index is 1.27. The van der Waals surface area contributed by atoms with Crippen LogP contribution in [0.2, 0.25) is 5.02 Å². The first-order chi connectivity index (χ1) is 21.2. The van der Waals surface area contributed by atoms with Gasteiger partial charge in [0.2, 0.25) is 0 Å². The highest BCUT2D eigenvalue weighted by atomic mass is 35.5. The molecule has 4 aromatic rings. The Hall–Kier alpha value is -2.97. The summed E-state index contributed by atoms with van der Waals surface area (Å²) in [7, 11) is 0. The molecule has 9 nitrogen and oxygen atoms in total. The summed E-state index contributed by atoms with van der Waals surface area (Å²) in [5.41, 5.74) is 5.47. The Bertz CT molecular complexity index is 1810. The van der Waals surface area contributed by atoms with E-state index in [-0.39, 0.29) is 56.7 Å². The van der Waals surface area contributed by atoms with Gasteiger partial charge in [-0.25, -0.2) is 18.2 Å². The van der Waals surface area contributed by atoms with Crippen LogP contribution in [-0.2, 0) is 0 Å². The zero-order valence-electron chi connectivity index (χ0n) is 23.8. The Kier molecular flexibility index (Phi) is 6.66. The number of ether oxygens (including phenoxy) is 1. The van der Waals surface area contributed by atoms with Crippen molar-refractivity contribution in [1.29, 1.82) is 0 Å². The number of nitrogens with two attached hydrogens (primary N) is 1. The molecule has 2 unspecified atom stereocenters. The van der Waals surface area contributed by atoms with Crippen LogP contribution in [0.4, 0.5) is 24.1 Å². The molecule has 2 aromatic carbocycles. The second-order valence-electron chi connectivity index (χ2n) is 12.7. The van der Waals surface area contributed by atoms with Gasteiger partial charge in [0.1, 0.15) is 29.9 Å². The Morgan fingerprint density at radius 3 is 2.89 bits per heavy atom. The SMILES string of the molecule is Nc1nc2c(-c3c(Cl)cc4c(N5CC6CCC(CO)(C5)N6)nc(OC[C@@]56CCCN5C[C@H](F)C6)nc4c3F)ccc(F)c2s1. The van der Waals surface area contributed by atoms with Crippen molar-refractivity contribution in [2.75, 3.05) is 50.0 Å². The summed E-state index contributed by atoms with van der Waals surface area (Å²) in [4.78, 5) is 17.8. The van der Waals surface area contributed by atoms with E-state index in [2.05, 4.69) is 20.2 Å². The number of piperazine rings is 1. The standard InChI is InChI=1S/C30H31ClF3N7O2S/c31-19-8-18-23(22(34)21(19)17-2-3-20(33)25-24(17)36-27(35)44-25)37-28(43-14-30-5-1-7-41(30)10-15(32)9-30)38-26(18)40-11-16-4-6-29(12-40,13-42)39-16/h2-3,8,15-16,39,42H,1,4-7,9-14H2,(H2,35,36)/t15-,16?,29?,30+/m1/s1. The molecule has 44 heavy (non-hydrogen) atoms. The zero-order valence-corrected chi connectivity index (χ0v) is 25.3. The highest BCUT2D eigenvalue weighted by Gasteiger charge is 2.50. The lowest BCUT2D eigenvalue weighted by atomic mass is 9.95. The molecule has 0 radical (unpaired) electrons. The van der Waals surface area contributed by atoms with Gasteiger partial charge in [0.25, 0.3) is 0 Å². The first kappa shape index (κ1) is 28.5. The van der Waals surface area contributed by atoms with Crippen molar-refractivity contribution in [1.82, 2.24) is 25.2 Å². The van der Waals surface area contributed by atoms with E-state index in [1.54, 1.807) is 6.07 Å². The maximum absolute atomic E-state index is 16.8. The summed E-state index contributed by atoms with van der Waals surface area (Å²) in [6, 6.07) is 4.41. The van der Waals surface area contributed by atoms with Gasteiger partial charge in [-0.15, -0.1) is 0 Å². The maximum atomic E-state index is 16.8. The number of nitrogen functional groups attached to an aromatic ring is 1. The van der Waals surface area contributed by atoms with Crippen molar-refractivity contribution in [2.24, 2.45) is 0 Å². The molecule has 4 aliphatic rings. The number of halogens is 4. The van der Waals surface area contributed by atoms with Gasteiger partial charge in [0.15, 0.2) is 10.9 Å². The van der Waals surface area contributed by atoms with E-state index in [9.17, 15) is 13.9 Å². The van der Waals surface area contributed by atoms with Crippen LogP contribution in [0.3, 0.4) is 0 Å². The normalized spacial score (nSPS) is 28.4. The van der Waals surface area contributed by atoms with Crippen LogP contribution in [0.15, 0.2) is 18.2 Å². The number of nitrogens with one attached hydrogen (secondary N) is 1. The number of fused-ring (bicyclic) bond motifs is 5. The Labute approximate surface area is 260 Å². The van der Waals surface area contributed by atoms with Crippen molar-refractivity contribution < 1.29 is 23.0 Å². The van der Waals surface area contributed by atoms with Gasteiger partial charge in [-0.1, -0.05) is 22.9 Å². The fourth-order valence-electron chi connectivity index (χ4n) is 7.88. The lowest BCUT2D eigenvalue weighted by molar-refractivity contribution is 0.107. The molecule has 14 heteroatoms. The molecular weight excluding hydrogens is 615 g/mol. The summed E-state index contributed by atoms with van der Waals surface area (Å²) in [6.07, 6.45) is 2.90. The molecule has 4 N–H and O–H groups in total. The number of hydrogen-bond donors (Lipinski definition) is 3. The summed E-state index contributed by atoms with van der Waals surface area (Å²) in [5.74, 6) is -0.786. The number of nitrogens with zero attached hydrogens (tertiary/aromatic N) is 5. The number of benzene rings is 2. The molecule has 4 saturated heterocycles. The third-order valence-corrected chi connectivity index (χ3v) is 11.1.